The first kappa shape index (κ1) is 20.6. The Bertz CT molecular complexity index is 1060. The number of nitrogens with one attached hydrogen (secondary N) is 2. The van der Waals surface area contributed by atoms with Gasteiger partial charge in [-0.25, -0.2) is 4.39 Å². The van der Waals surface area contributed by atoms with Crippen molar-refractivity contribution in [3.05, 3.63) is 59.4 Å². The molecule has 1 unspecified atom stereocenters. The number of fused-ring (bicyclic) bond motifs is 1. The predicted octanol–water partition coefficient (Wildman–Crippen LogP) is 3.53. The molecule has 30 heavy (non-hydrogen) atoms. The lowest BCUT2D eigenvalue weighted by atomic mass is 10.0. The van der Waals surface area contributed by atoms with Crippen LogP contribution in [0.3, 0.4) is 0 Å². The Kier molecular flexibility index (Phi) is 5.88. The fourth-order valence-electron chi connectivity index (χ4n) is 4.23. The van der Waals surface area contributed by atoms with Crippen LogP contribution in [0, 0.1) is 12.7 Å². The highest BCUT2D eigenvalue weighted by atomic mass is 19.1. The van der Waals surface area contributed by atoms with Crippen molar-refractivity contribution < 1.29 is 9.18 Å². The number of amides is 1. The third kappa shape index (κ3) is 4.25. The summed E-state index contributed by atoms with van der Waals surface area (Å²) in [6.45, 7) is 5.43. The molecule has 0 radical (unpaired) electrons. The van der Waals surface area contributed by atoms with Crippen LogP contribution in [0.15, 0.2) is 42.5 Å². The van der Waals surface area contributed by atoms with Gasteiger partial charge in [-0.15, -0.1) is 0 Å². The van der Waals surface area contributed by atoms with Gasteiger partial charge in [0, 0.05) is 55.1 Å². The third-order valence-electron chi connectivity index (χ3n) is 6.16. The van der Waals surface area contributed by atoms with Crippen molar-refractivity contribution in [1.82, 2.24) is 20.1 Å². The number of aromatic nitrogens is 1. The molecule has 1 saturated heterocycles. The molecule has 1 fully saturated rings. The molecule has 158 valence electrons. The minimum absolute atomic E-state index is 0.0695. The molecule has 2 heterocycles. The average Bonchev–Trinajstić information content (AvgIpc) is 3.05. The van der Waals surface area contributed by atoms with Gasteiger partial charge in [-0.3, -0.25) is 4.79 Å². The van der Waals surface area contributed by atoms with Gasteiger partial charge in [-0.05, 0) is 56.4 Å². The first-order valence-electron chi connectivity index (χ1n) is 10.4. The number of halogens is 1. The highest BCUT2D eigenvalue weighted by Gasteiger charge is 2.24. The molecule has 2 N–H and O–H groups in total. The summed E-state index contributed by atoms with van der Waals surface area (Å²) in [6.07, 6.45) is 0.504. The minimum Gasteiger partial charge on any atom is -0.354 e. The summed E-state index contributed by atoms with van der Waals surface area (Å²) in [5.41, 5.74) is 4.38. The van der Waals surface area contributed by atoms with E-state index >= 15 is 0 Å². The summed E-state index contributed by atoms with van der Waals surface area (Å²) in [7, 11) is 4.18. The number of aryl methyl sites for hydroxylation is 1. The summed E-state index contributed by atoms with van der Waals surface area (Å²) in [5, 5.41) is 4.11. The van der Waals surface area contributed by atoms with E-state index in [2.05, 4.69) is 40.3 Å². The predicted molar refractivity (Wildman–Crippen MR) is 119 cm³/mol. The summed E-state index contributed by atoms with van der Waals surface area (Å²) < 4.78 is 14.2. The quantitative estimate of drug-likeness (QED) is 0.679. The highest BCUT2D eigenvalue weighted by Crippen LogP contribution is 2.31. The van der Waals surface area contributed by atoms with Gasteiger partial charge < -0.3 is 20.1 Å². The fourth-order valence-corrected chi connectivity index (χ4v) is 4.23. The lowest BCUT2D eigenvalue weighted by Gasteiger charge is -2.37. The van der Waals surface area contributed by atoms with Gasteiger partial charge in [0.05, 0.1) is 5.69 Å². The summed E-state index contributed by atoms with van der Waals surface area (Å²) in [6, 6.07) is 13.1. The number of carbonyl (C=O) groups is 1. The van der Waals surface area contributed by atoms with E-state index in [0.29, 0.717) is 18.5 Å². The molecule has 2 aromatic carbocycles. The Morgan fingerprint density at radius 3 is 2.80 bits per heavy atom. The number of hydrogen-bond donors (Lipinski definition) is 2. The molecular weight excluding hydrogens is 379 g/mol. The molecule has 1 aromatic heterocycles. The number of nitrogens with zero attached hydrogens (tertiary/aromatic N) is 2. The number of H-pyrrole nitrogens is 1. The Labute approximate surface area is 176 Å². The van der Waals surface area contributed by atoms with Gasteiger partial charge in [-0.1, -0.05) is 18.2 Å². The molecule has 5 nitrogen and oxygen atoms in total. The van der Waals surface area contributed by atoms with Crippen molar-refractivity contribution in [1.29, 1.82) is 0 Å². The largest absolute Gasteiger partial charge is 0.354 e. The lowest BCUT2D eigenvalue weighted by molar-refractivity contribution is -0.122. The van der Waals surface area contributed by atoms with Crippen molar-refractivity contribution >= 4 is 16.8 Å². The summed E-state index contributed by atoms with van der Waals surface area (Å²) in [4.78, 5) is 20.4. The van der Waals surface area contributed by atoms with E-state index in [1.807, 2.05) is 25.1 Å². The lowest BCUT2D eigenvalue weighted by Crippen LogP contribution is -2.51. The van der Waals surface area contributed by atoms with Crippen LogP contribution < -0.4 is 5.32 Å². The van der Waals surface area contributed by atoms with Gasteiger partial charge in [0.15, 0.2) is 0 Å². The topological polar surface area (TPSA) is 51.4 Å². The van der Waals surface area contributed by atoms with Gasteiger partial charge in [0.1, 0.15) is 5.82 Å². The summed E-state index contributed by atoms with van der Waals surface area (Å²) >= 11 is 0. The Morgan fingerprint density at radius 1 is 1.20 bits per heavy atom. The van der Waals surface area contributed by atoms with Crippen LogP contribution in [-0.4, -0.2) is 60.5 Å². The minimum atomic E-state index is -0.238. The zero-order chi connectivity index (χ0) is 21.3. The van der Waals surface area contributed by atoms with Gasteiger partial charge in [0.25, 0.3) is 0 Å². The first-order chi connectivity index (χ1) is 14.4. The van der Waals surface area contributed by atoms with Crippen LogP contribution in [0.25, 0.3) is 22.2 Å². The number of piperazine rings is 1. The molecule has 0 bridgehead atoms. The zero-order valence-corrected chi connectivity index (χ0v) is 17.8. The molecule has 4 rings (SSSR count). The Balaban J connectivity index is 1.46. The zero-order valence-electron chi connectivity index (χ0n) is 17.8. The standard InChI is InChI=1S/C24H29FN4O/c1-16-20-12-17(14-26-23(30)13-18-15-28(2)10-11-29(18)3)8-9-22(20)27-24(16)19-6-4-5-7-21(19)25/h4-9,12,18,27H,10-11,13-15H2,1-3H3,(H,26,30). The maximum Gasteiger partial charge on any atom is 0.221 e. The maximum absolute atomic E-state index is 14.2. The molecule has 6 heteroatoms. The molecule has 3 aromatic rings. The van der Waals surface area contributed by atoms with Crippen LogP contribution in [0.4, 0.5) is 4.39 Å². The van der Waals surface area contributed by atoms with Crippen molar-refractivity contribution in [3.8, 4) is 11.3 Å². The maximum atomic E-state index is 14.2. The average molecular weight is 409 g/mol. The van der Waals surface area contributed by atoms with Gasteiger partial charge in [0.2, 0.25) is 5.91 Å². The first-order valence-corrected chi connectivity index (χ1v) is 10.4. The van der Waals surface area contributed by atoms with Crippen molar-refractivity contribution in [2.75, 3.05) is 33.7 Å². The molecule has 1 amide bonds. The number of aromatic amines is 1. The second-order valence-corrected chi connectivity index (χ2v) is 8.36. The molecule has 0 spiro atoms. The Hall–Kier alpha value is -2.70. The normalized spacial score (nSPS) is 18.1. The molecule has 0 aliphatic carbocycles. The Morgan fingerprint density at radius 2 is 2.00 bits per heavy atom. The van der Waals surface area contributed by atoms with Crippen LogP contribution in [0.5, 0.6) is 0 Å². The number of benzene rings is 2. The van der Waals surface area contributed by atoms with Crippen molar-refractivity contribution in [2.24, 2.45) is 0 Å². The highest BCUT2D eigenvalue weighted by molar-refractivity contribution is 5.91. The summed E-state index contributed by atoms with van der Waals surface area (Å²) in [5.74, 6) is -0.168. The number of likely N-dealkylation sites (N-methyl/N-ethyl adjacent to an activating group) is 2. The van der Waals surface area contributed by atoms with Crippen molar-refractivity contribution in [3.63, 3.8) is 0 Å². The monoisotopic (exact) mass is 408 g/mol. The van der Waals surface area contributed by atoms with E-state index in [9.17, 15) is 9.18 Å². The SMILES string of the molecule is Cc1c(-c2ccccc2F)[nH]c2ccc(CNC(=O)CC3CN(C)CCN3C)cc12. The number of hydrogen-bond acceptors (Lipinski definition) is 3. The molecular formula is C24H29FN4O. The van der Waals surface area contributed by atoms with Crippen LogP contribution in [0.1, 0.15) is 17.5 Å². The van der Waals surface area contributed by atoms with E-state index < -0.39 is 0 Å². The van der Waals surface area contributed by atoms with E-state index in [1.54, 1.807) is 12.1 Å². The smallest absolute Gasteiger partial charge is 0.221 e. The van der Waals surface area contributed by atoms with Crippen LogP contribution in [0.2, 0.25) is 0 Å². The molecule has 0 saturated carbocycles. The van der Waals surface area contributed by atoms with E-state index in [4.69, 9.17) is 0 Å². The van der Waals surface area contributed by atoms with Crippen molar-refractivity contribution in [2.45, 2.75) is 25.9 Å². The molecule has 1 aliphatic heterocycles. The van der Waals surface area contributed by atoms with Gasteiger partial charge >= 0.3 is 0 Å². The van der Waals surface area contributed by atoms with Crippen LogP contribution in [-0.2, 0) is 11.3 Å². The van der Waals surface area contributed by atoms with E-state index in [0.717, 1.165) is 47.4 Å². The number of carbonyl (C=O) groups excluding carboxylic acids is 1. The number of rotatable bonds is 5. The second-order valence-electron chi connectivity index (χ2n) is 8.36. The van der Waals surface area contributed by atoms with Crippen LogP contribution >= 0.6 is 0 Å². The van der Waals surface area contributed by atoms with E-state index in [-0.39, 0.29) is 17.8 Å². The third-order valence-corrected chi connectivity index (χ3v) is 6.16. The molecule has 1 aliphatic rings. The van der Waals surface area contributed by atoms with E-state index in [1.165, 1.54) is 6.07 Å². The fraction of sp³-hybridized carbons (Fsp3) is 0.375. The van der Waals surface area contributed by atoms with Gasteiger partial charge in [-0.2, -0.15) is 0 Å². The molecule has 1 atom stereocenters. The second kappa shape index (κ2) is 8.58.